The molecule has 0 spiro atoms. The molecule has 0 aliphatic carbocycles. The maximum absolute atomic E-state index is 11.0. The predicted molar refractivity (Wildman–Crippen MR) is 81.0 cm³/mol. The van der Waals surface area contributed by atoms with E-state index in [-0.39, 0.29) is 11.4 Å². The van der Waals surface area contributed by atoms with Crippen LogP contribution in [0.5, 0.6) is 0 Å². The van der Waals surface area contributed by atoms with Crippen molar-refractivity contribution >= 4 is 35.2 Å². The van der Waals surface area contributed by atoms with Crippen molar-refractivity contribution in [2.24, 2.45) is 0 Å². The van der Waals surface area contributed by atoms with Gasteiger partial charge in [-0.25, -0.2) is 4.79 Å². The number of carbonyl (C=O) groups is 1. The number of nitrogens with one attached hydrogen (secondary N) is 3. The summed E-state index contributed by atoms with van der Waals surface area (Å²) in [5.41, 5.74) is -0.0326. The number of hydrogen-bond acceptors (Lipinski definition) is 6. The normalized spacial score (nSPS) is 9.81. The topological polar surface area (TPSA) is 117 Å². The number of nitrogens with zero attached hydrogens (tertiary/aromatic N) is 1. The van der Waals surface area contributed by atoms with Crippen molar-refractivity contribution in [3.63, 3.8) is 0 Å². The molecule has 0 saturated heterocycles. The van der Waals surface area contributed by atoms with Gasteiger partial charge in [-0.1, -0.05) is 6.92 Å². The van der Waals surface area contributed by atoms with Crippen LogP contribution < -0.4 is 10.6 Å². The Bertz CT molecular complexity index is 550. The largest absolute Gasteiger partial charge is 0.453 e. The van der Waals surface area contributed by atoms with Gasteiger partial charge < -0.3 is 10.1 Å². The van der Waals surface area contributed by atoms with Gasteiger partial charge in [-0.15, -0.1) is 11.8 Å². The van der Waals surface area contributed by atoms with Crippen molar-refractivity contribution in [1.29, 1.82) is 5.41 Å². The number of alkyl carbamates (subject to hydrolysis) is 1. The number of hydrogen-bond donors (Lipinski definition) is 3. The molecular formula is C12H16N4O4S. The fourth-order valence-corrected chi connectivity index (χ4v) is 2.21. The van der Waals surface area contributed by atoms with E-state index in [2.05, 4.69) is 15.4 Å². The summed E-state index contributed by atoms with van der Waals surface area (Å²) >= 11 is 1.56. The van der Waals surface area contributed by atoms with Crippen molar-refractivity contribution < 1.29 is 14.5 Å². The second kappa shape index (κ2) is 8.10. The molecular weight excluding hydrogens is 296 g/mol. The maximum Gasteiger partial charge on any atom is 0.413 e. The fraction of sp³-hybridized carbons (Fsp3) is 0.333. The predicted octanol–water partition coefficient (Wildman–Crippen LogP) is 2.80. The van der Waals surface area contributed by atoms with Gasteiger partial charge in [0, 0.05) is 11.0 Å². The number of amides is 1. The molecule has 0 aliphatic rings. The highest BCUT2D eigenvalue weighted by atomic mass is 32.2. The molecule has 114 valence electrons. The molecule has 0 unspecified atom stereocenters. The molecule has 0 radical (unpaired) electrons. The number of benzene rings is 1. The maximum atomic E-state index is 11.0. The molecule has 1 aromatic rings. The molecule has 0 aliphatic heterocycles. The van der Waals surface area contributed by atoms with Crippen LogP contribution in [-0.4, -0.2) is 29.8 Å². The van der Waals surface area contributed by atoms with Gasteiger partial charge in [0.2, 0.25) is 5.96 Å². The van der Waals surface area contributed by atoms with Gasteiger partial charge in [0.15, 0.2) is 0 Å². The Balaban J connectivity index is 2.92. The third-order valence-electron chi connectivity index (χ3n) is 2.31. The van der Waals surface area contributed by atoms with Crippen molar-refractivity contribution in [2.75, 3.05) is 18.2 Å². The Morgan fingerprint density at radius 2 is 2.24 bits per heavy atom. The van der Waals surface area contributed by atoms with E-state index >= 15 is 0 Å². The molecule has 1 amide bonds. The lowest BCUT2D eigenvalue weighted by molar-refractivity contribution is -0.383. The van der Waals surface area contributed by atoms with Crippen molar-refractivity contribution in [2.45, 2.75) is 18.2 Å². The van der Waals surface area contributed by atoms with Crippen LogP contribution in [0.25, 0.3) is 0 Å². The van der Waals surface area contributed by atoms with E-state index in [9.17, 15) is 14.9 Å². The summed E-state index contributed by atoms with van der Waals surface area (Å²) in [5, 5.41) is 23.1. The standard InChI is InChI=1S/C12H16N4O4S/c1-3-6-21-8-4-5-10(16(18)19)9(7-8)14-11(13)15-12(17)20-2/h4-5,7H,3,6H2,1-2H3,(H3,13,14,15,17). The number of methoxy groups -OCH3 is 1. The number of nitro benzene ring substituents is 1. The number of thioether (sulfide) groups is 1. The summed E-state index contributed by atoms with van der Waals surface area (Å²) in [5.74, 6) is 0.484. The molecule has 0 fully saturated rings. The molecule has 0 saturated carbocycles. The highest BCUT2D eigenvalue weighted by Crippen LogP contribution is 2.30. The summed E-state index contributed by atoms with van der Waals surface area (Å²) in [6.07, 6.45) is 0.149. The van der Waals surface area contributed by atoms with Crippen LogP contribution in [0.2, 0.25) is 0 Å². The first kappa shape index (κ1) is 16.8. The van der Waals surface area contributed by atoms with Crippen LogP contribution in [0.1, 0.15) is 13.3 Å². The van der Waals surface area contributed by atoms with E-state index in [1.807, 2.05) is 6.92 Å². The third-order valence-corrected chi connectivity index (χ3v) is 3.51. The summed E-state index contributed by atoms with van der Waals surface area (Å²) in [7, 11) is 1.16. The zero-order valence-corrected chi connectivity index (χ0v) is 12.5. The van der Waals surface area contributed by atoms with Gasteiger partial charge in [-0.05, 0) is 24.3 Å². The Hall–Kier alpha value is -2.29. The number of rotatable bonds is 5. The molecule has 0 bridgehead atoms. The Kier molecular flexibility index (Phi) is 6.47. The summed E-state index contributed by atoms with van der Waals surface area (Å²) in [6.45, 7) is 2.04. The monoisotopic (exact) mass is 312 g/mol. The highest BCUT2D eigenvalue weighted by Gasteiger charge is 2.16. The molecule has 9 heteroatoms. The zero-order chi connectivity index (χ0) is 15.8. The Morgan fingerprint density at radius 1 is 1.52 bits per heavy atom. The zero-order valence-electron chi connectivity index (χ0n) is 11.6. The number of carbonyl (C=O) groups excluding carboxylic acids is 1. The molecule has 0 heterocycles. The lowest BCUT2D eigenvalue weighted by Gasteiger charge is -2.10. The highest BCUT2D eigenvalue weighted by molar-refractivity contribution is 7.99. The summed E-state index contributed by atoms with van der Waals surface area (Å²) in [4.78, 5) is 22.3. The molecule has 21 heavy (non-hydrogen) atoms. The van der Waals surface area contributed by atoms with Crippen molar-refractivity contribution in [3.8, 4) is 0 Å². The second-order valence-electron chi connectivity index (χ2n) is 3.90. The van der Waals surface area contributed by atoms with E-state index in [0.29, 0.717) is 0 Å². The van der Waals surface area contributed by atoms with Crippen LogP contribution in [0, 0.1) is 15.5 Å². The number of nitro groups is 1. The first-order valence-electron chi connectivity index (χ1n) is 6.09. The average Bonchev–Trinajstić information content (AvgIpc) is 2.44. The van der Waals surface area contributed by atoms with Gasteiger partial charge in [-0.3, -0.25) is 20.8 Å². The van der Waals surface area contributed by atoms with Crippen LogP contribution in [0.3, 0.4) is 0 Å². The van der Waals surface area contributed by atoms with Crippen LogP contribution in [0.15, 0.2) is 23.1 Å². The minimum atomic E-state index is -0.827. The van der Waals surface area contributed by atoms with Crippen LogP contribution in [0.4, 0.5) is 16.2 Å². The fourth-order valence-electron chi connectivity index (χ4n) is 1.40. The minimum absolute atomic E-state index is 0.141. The van der Waals surface area contributed by atoms with Gasteiger partial charge in [0.25, 0.3) is 5.69 Å². The first-order chi connectivity index (χ1) is 9.97. The minimum Gasteiger partial charge on any atom is -0.453 e. The lowest BCUT2D eigenvalue weighted by atomic mass is 10.2. The van der Waals surface area contributed by atoms with Gasteiger partial charge in [0.05, 0.1) is 12.0 Å². The number of ether oxygens (including phenoxy) is 1. The van der Waals surface area contributed by atoms with E-state index in [4.69, 9.17) is 5.41 Å². The molecule has 1 aromatic carbocycles. The van der Waals surface area contributed by atoms with E-state index in [0.717, 1.165) is 24.2 Å². The van der Waals surface area contributed by atoms with E-state index in [1.165, 1.54) is 6.07 Å². The average molecular weight is 312 g/mol. The molecule has 0 atom stereocenters. The van der Waals surface area contributed by atoms with Gasteiger partial charge >= 0.3 is 6.09 Å². The molecule has 8 nitrogen and oxygen atoms in total. The Labute approximate surface area is 125 Å². The van der Waals surface area contributed by atoms with Crippen LogP contribution in [-0.2, 0) is 4.74 Å². The second-order valence-corrected chi connectivity index (χ2v) is 5.07. The first-order valence-corrected chi connectivity index (χ1v) is 7.08. The smallest absolute Gasteiger partial charge is 0.413 e. The van der Waals surface area contributed by atoms with E-state index < -0.39 is 17.0 Å². The van der Waals surface area contributed by atoms with Crippen molar-refractivity contribution in [3.05, 3.63) is 28.3 Å². The molecule has 0 aromatic heterocycles. The lowest BCUT2D eigenvalue weighted by Crippen LogP contribution is -2.35. The van der Waals surface area contributed by atoms with Gasteiger partial charge in [0.1, 0.15) is 5.69 Å². The van der Waals surface area contributed by atoms with Gasteiger partial charge in [-0.2, -0.15) is 0 Å². The van der Waals surface area contributed by atoms with E-state index in [1.54, 1.807) is 23.9 Å². The molecule has 1 rings (SSSR count). The number of guanidine groups is 1. The van der Waals surface area contributed by atoms with Crippen LogP contribution >= 0.6 is 11.8 Å². The number of anilines is 1. The quantitative estimate of drug-likeness (QED) is 0.253. The Morgan fingerprint density at radius 3 is 2.81 bits per heavy atom. The summed E-state index contributed by atoms with van der Waals surface area (Å²) < 4.78 is 4.34. The summed E-state index contributed by atoms with van der Waals surface area (Å²) in [6, 6.07) is 4.60. The van der Waals surface area contributed by atoms with Crippen molar-refractivity contribution in [1.82, 2.24) is 5.32 Å². The third kappa shape index (κ3) is 5.30. The molecule has 3 N–H and O–H groups in total. The SMILES string of the molecule is CCCSc1ccc([N+](=O)[O-])c(NC(=N)NC(=O)OC)c1.